The van der Waals surface area contributed by atoms with Crippen molar-refractivity contribution in [3.05, 3.63) is 60.0 Å². The number of likely N-dealkylation sites (tertiary alicyclic amines) is 1. The normalized spacial score (nSPS) is 22.3. The molecule has 8 heteroatoms. The number of rotatable bonds is 8. The largest absolute Gasteiger partial charge is 0.496 e. The third kappa shape index (κ3) is 5.50. The van der Waals surface area contributed by atoms with Crippen molar-refractivity contribution in [2.45, 2.75) is 63.6 Å². The number of furan rings is 1. The van der Waals surface area contributed by atoms with Crippen LogP contribution in [0, 0.1) is 5.92 Å². The van der Waals surface area contributed by atoms with Crippen molar-refractivity contribution in [2.75, 3.05) is 39.8 Å². The van der Waals surface area contributed by atoms with E-state index >= 15 is 0 Å². The second-order valence-corrected chi connectivity index (χ2v) is 12.3. The molecule has 42 heavy (non-hydrogen) atoms. The van der Waals surface area contributed by atoms with Crippen LogP contribution in [0.4, 0.5) is 0 Å². The number of carbonyl (C=O) groups excluding carboxylic acids is 1. The lowest BCUT2D eigenvalue weighted by Gasteiger charge is -2.46. The fourth-order valence-corrected chi connectivity index (χ4v) is 7.57. The molecule has 2 N–H and O–H groups in total. The number of fused-ring (bicyclic) bond motifs is 3. The molecule has 4 aromatic rings. The van der Waals surface area contributed by atoms with Crippen molar-refractivity contribution >= 4 is 27.8 Å². The molecule has 2 aromatic heterocycles. The Morgan fingerprint density at radius 3 is 2.71 bits per heavy atom. The van der Waals surface area contributed by atoms with Crippen LogP contribution in [0.15, 0.2) is 53.1 Å². The smallest absolute Gasteiger partial charge is 0.267 e. The maximum Gasteiger partial charge on any atom is 0.267 e. The van der Waals surface area contributed by atoms with Crippen molar-refractivity contribution in [3.63, 3.8) is 0 Å². The lowest BCUT2D eigenvalue weighted by Crippen LogP contribution is -2.52. The molecular weight excluding hydrogens is 528 g/mol. The van der Waals surface area contributed by atoms with Crippen molar-refractivity contribution in [3.8, 4) is 11.5 Å². The standard InChI is InChI=1S/C34H42N4O4/c1-40-31-11-5-12-32-33(31)24(22-42-32)21-41-30-10-4-8-27-26(30)19-28(36-27)34(39)35-25-13-17-37(18-14-25)20-23-7-6-16-38-15-3-2-9-29(23)38/h4-5,8,10-12,19,22-23,25,29,36H,2-3,6-7,9,13-18,20-21H2,1H3,(H,35,39)/t23-,29+/m0/s1. The van der Waals surface area contributed by atoms with E-state index in [1.165, 1.54) is 51.7 Å². The van der Waals surface area contributed by atoms with Crippen molar-refractivity contribution in [1.29, 1.82) is 0 Å². The number of methoxy groups -OCH3 is 1. The van der Waals surface area contributed by atoms with Gasteiger partial charge in [-0.3, -0.25) is 4.79 Å². The van der Waals surface area contributed by atoms with Gasteiger partial charge in [0.2, 0.25) is 0 Å². The number of ether oxygens (including phenoxy) is 2. The number of carbonyl (C=O) groups is 1. The highest BCUT2D eigenvalue weighted by atomic mass is 16.5. The van der Waals surface area contributed by atoms with Gasteiger partial charge in [0.15, 0.2) is 0 Å². The number of H-pyrrole nitrogens is 1. The van der Waals surface area contributed by atoms with Gasteiger partial charge in [0.05, 0.1) is 18.8 Å². The third-order valence-corrected chi connectivity index (χ3v) is 9.75. The minimum atomic E-state index is -0.0497. The first-order chi connectivity index (χ1) is 20.7. The summed E-state index contributed by atoms with van der Waals surface area (Å²) >= 11 is 0. The third-order valence-electron chi connectivity index (χ3n) is 9.75. The predicted octanol–water partition coefficient (Wildman–Crippen LogP) is 5.96. The molecule has 1 amide bonds. The van der Waals surface area contributed by atoms with Gasteiger partial charge >= 0.3 is 0 Å². The summed E-state index contributed by atoms with van der Waals surface area (Å²) in [5, 5.41) is 5.11. The van der Waals surface area contributed by atoms with E-state index in [2.05, 4.69) is 20.1 Å². The van der Waals surface area contributed by atoms with Crippen LogP contribution < -0.4 is 14.8 Å². The average molecular weight is 571 g/mol. The molecular formula is C34H42N4O4. The summed E-state index contributed by atoms with van der Waals surface area (Å²) in [6, 6.07) is 14.5. The lowest BCUT2D eigenvalue weighted by molar-refractivity contribution is 0.0351. The van der Waals surface area contributed by atoms with Gasteiger partial charge in [0, 0.05) is 48.2 Å². The summed E-state index contributed by atoms with van der Waals surface area (Å²) in [6.45, 7) is 6.27. The Hall–Kier alpha value is -3.49. The fourth-order valence-electron chi connectivity index (χ4n) is 7.57. The van der Waals surface area contributed by atoms with E-state index in [1.54, 1.807) is 13.4 Å². The van der Waals surface area contributed by atoms with Gasteiger partial charge < -0.3 is 34.0 Å². The Labute approximate surface area is 247 Å². The van der Waals surface area contributed by atoms with Gasteiger partial charge in [-0.2, -0.15) is 0 Å². The predicted molar refractivity (Wildman–Crippen MR) is 164 cm³/mol. The second kappa shape index (κ2) is 12.0. The van der Waals surface area contributed by atoms with Gasteiger partial charge in [0.1, 0.15) is 29.4 Å². The van der Waals surface area contributed by atoms with Crippen molar-refractivity contribution in [2.24, 2.45) is 5.92 Å². The van der Waals surface area contributed by atoms with Gasteiger partial charge in [-0.15, -0.1) is 0 Å². The molecule has 2 aromatic carbocycles. The minimum absolute atomic E-state index is 0.0497. The summed E-state index contributed by atoms with van der Waals surface area (Å²) < 4.78 is 17.5. The number of amides is 1. The molecule has 0 spiro atoms. The summed E-state index contributed by atoms with van der Waals surface area (Å²) in [5.41, 5.74) is 3.13. The Kier molecular flexibility index (Phi) is 7.82. The van der Waals surface area contributed by atoms with Gasteiger partial charge in [-0.05, 0) is 87.9 Å². The van der Waals surface area contributed by atoms with Crippen molar-refractivity contribution in [1.82, 2.24) is 20.1 Å². The zero-order chi connectivity index (χ0) is 28.5. The summed E-state index contributed by atoms with van der Waals surface area (Å²) in [6.07, 6.45) is 10.6. The summed E-state index contributed by atoms with van der Waals surface area (Å²) in [5.74, 6) is 2.24. The molecule has 3 aliphatic rings. The number of aromatic nitrogens is 1. The monoisotopic (exact) mass is 570 g/mol. The fraction of sp³-hybridized carbons (Fsp3) is 0.500. The number of aromatic amines is 1. The quantitative estimate of drug-likeness (QED) is 0.272. The number of nitrogens with one attached hydrogen (secondary N) is 2. The van der Waals surface area contributed by atoms with Crippen LogP contribution in [0.5, 0.6) is 11.5 Å². The zero-order valence-electron chi connectivity index (χ0n) is 24.6. The molecule has 0 radical (unpaired) electrons. The highest BCUT2D eigenvalue weighted by Crippen LogP contribution is 2.34. The van der Waals surface area contributed by atoms with Crippen LogP contribution in [-0.2, 0) is 6.61 Å². The first-order valence-corrected chi connectivity index (χ1v) is 15.7. The highest BCUT2D eigenvalue weighted by Gasteiger charge is 2.34. The molecule has 0 saturated carbocycles. The molecule has 3 aliphatic heterocycles. The van der Waals surface area contributed by atoms with Crippen LogP contribution in [0.1, 0.15) is 61.0 Å². The number of piperidine rings is 3. The molecule has 2 atom stereocenters. The molecule has 3 saturated heterocycles. The Morgan fingerprint density at radius 2 is 1.83 bits per heavy atom. The van der Waals surface area contributed by atoms with E-state index in [0.717, 1.165) is 76.8 Å². The van der Waals surface area contributed by atoms with Crippen LogP contribution in [0.25, 0.3) is 21.9 Å². The number of hydrogen-bond donors (Lipinski definition) is 2. The highest BCUT2D eigenvalue weighted by molar-refractivity contribution is 5.99. The van der Waals surface area contributed by atoms with E-state index < -0.39 is 0 Å². The minimum Gasteiger partial charge on any atom is -0.496 e. The Balaban J connectivity index is 0.958. The molecule has 222 valence electrons. The van der Waals surface area contributed by atoms with Crippen LogP contribution in [0.3, 0.4) is 0 Å². The SMILES string of the molecule is COc1cccc2occ(COc3cccc4[nH]c(C(=O)NC5CCN(C[C@@H]6CCCN7CCCC[C@H]67)CC5)cc34)c12. The first kappa shape index (κ1) is 27.3. The average Bonchev–Trinajstić information content (AvgIpc) is 3.66. The van der Waals surface area contributed by atoms with Crippen LogP contribution >= 0.6 is 0 Å². The number of benzene rings is 2. The molecule has 0 aliphatic carbocycles. The molecule has 8 nitrogen and oxygen atoms in total. The lowest BCUT2D eigenvalue weighted by atomic mass is 9.83. The Bertz CT molecular complexity index is 1530. The number of nitrogens with zero attached hydrogens (tertiary/aromatic N) is 2. The summed E-state index contributed by atoms with van der Waals surface area (Å²) in [4.78, 5) is 22.0. The maximum absolute atomic E-state index is 13.3. The van der Waals surface area contributed by atoms with Crippen LogP contribution in [-0.4, -0.2) is 72.6 Å². The van der Waals surface area contributed by atoms with Crippen LogP contribution in [0.2, 0.25) is 0 Å². The molecule has 0 bridgehead atoms. The molecule has 0 unspecified atom stereocenters. The maximum atomic E-state index is 13.3. The Morgan fingerprint density at radius 1 is 1.00 bits per heavy atom. The zero-order valence-corrected chi connectivity index (χ0v) is 24.6. The van der Waals surface area contributed by atoms with Gasteiger partial charge in [-0.25, -0.2) is 0 Å². The van der Waals surface area contributed by atoms with E-state index in [4.69, 9.17) is 13.9 Å². The molecule has 5 heterocycles. The van der Waals surface area contributed by atoms with E-state index in [0.29, 0.717) is 12.3 Å². The first-order valence-electron chi connectivity index (χ1n) is 15.7. The molecule has 3 fully saturated rings. The second-order valence-electron chi connectivity index (χ2n) is 12.3. The van der Waals surface area contributed by atoms with Gasteiger partial charge in [0.25, 0.3) is 5.91 Å². The van der Waals surface area contributed by atoms with E-state index in [9.17, 15) is 4.79 Å². The topological polar surface area (TPSA) is 83.0 Å². The van der Waals surface area contributed by atoms with E-state index in [-0.39, 0.29) is 11.9 Å². The van der Waals surface area contributed by atoms with Crippen molar-refractivity contribution < 1.29 is 18.7 Å². The summed E-state index contributed by atoms with van der Waals surface area (Å²) in [7, 11) is 1.66. The molecule has 7 rings (SSSR count). The number of hydrogen-bond acceptors (Lipinski definition) is 6. The van der Waals surface area contributed by atoms with E-state index in [1.807, 2.05) is 42.5 Å². The van der Waals surface area contributed by atoms with Gasteiger partial charge in [-0.1, -0.05) is 18.6 Å².